The average Bonchev–Trinajstić information content (AvgIpc) is 2.75. The van der Waals surface area contributed by atoms with Gasteiger partial charge in [-0.25, -0.2) is 4.98 Å². The van der Waals surface area contributed by atoms with Crippen molar-refractivity contribution in [3.05, 3.63) is 11.6 Å². The zero-order chi connectivity index (χ0) is 11.8. The molecule has 17 heavy (non-hydrogen) atoms. The Hall–Kier alpha value is -1.40. The minimum Gasteiger partial charge on any atom is -0.391 e. The number of nitrogens with zero attached hydrogens (tertiary/aromatic N) is 4. The summed E-state index contributed by atoms with van der Waals surface area (Å²) in [5.41, 5.74) is 1.32. The minimum absolute atomic E-state index is 0.180. The Labute approximate surface area is 103 Å². The van der Waals surface area contributed by atoms with Crippen LogP contribution in [0.1, 0.15) is 12.8 Å². The van der Waals surface area contributed by atoms with Crippen molar-refractivity contribution >= 4 is 28.6 Å². The molecule has 1 unspecified atom stereocenters. The Bertz CT molecular complexity index is 542. The van der Waals surface area contributed by atoms with E-state index in [1.165, 1.54) is 0 Å². The second kappa shape index (κ2) is 4.12. The van der Waals surface area contributed by atoms with Gasteiger partial charge in [-0.15, -0.1) is 0 Å². The summed E-state index contributed by atoms with van der Waals surface area (Å²) < 4.78 is 0. The van der Waals surface area contributed by atoms with Gasteiger partial charge in [-0.2, -0.15) is 9.97 Å². The van der Waals surface area contributed by atoms with E-state index in [0.717, 1.165) is 30.7 Å². The summed E-state index contributed by atoms with van der Waals surface area (Å²) in [6.07, 6.45) is 3.04. The van der Waals surface area contributed by atoms with Crippen LogP contribution in [0, 0.1) is 0 Å². The molecule has 2 aromatic heterocycles. The highest BCUT2D eigenvalue weighted by Gasteiger charge is 2.22. The Morgan fingerprint density at radius 3 is 3.18 bits per heavy atom. The van der Waals surface area contributed by atoms with Crippen LogP contribution in [-0.2, 0) is 0 Å². The van der Waals surface area contributed by atoms with E-state index in [1.54, 1.807) is 6.33 Å². The van der Waals surface area contributed by atoms with Gasteiger partial charge in [0.2, 0.25) is 5.28 Å². The standard InChI is InChI=1S/C10H12ClN5O/c11-10-14-8-7(12-5-13-8)9(15-10)16-3-1-2-6(17)4-16/h5-6,17H,1-4H2,(H,12,13,14,15). The summed E-state index contributed by atoms with van der Waals surface area (Å²) in [5.74, 6) is 0.719. The molecular formula is C10H12ClN5O. The molecule has 3 rings (SSSR count). The molecule has 2 aromatic rings. The number of H-pyrrole nitrogens is 1. The maximum atomic E-state index is 9.69. The highest BCUT2D eigenvalue weighted by Crippen LogP contribution is 2.25. The van der Waals surface area contributed by atoms with E-state index in [0.29, 0.717) is 12.2 Å². The van der Waals surface area contributed by atoms with Gasteiger partial charge in [-0.1, -0.05) is 0 Å². The van der Waals surface area contributed by atoms with Crippen LogP contribution >= 0.6 is 11.6 Å². The first-order chi connectivity index (χ1) is 8.24. The molecule has 0 aromatic carbocycles. The lowest BCUT2D eigenvalue weighted by Crippen LogP contribution is -2.38. The molecule has 1 atom stereocenters. The van der Waals surface area contributed by atoms with Gasteiger partial charge in [0.15, 0.2) is 11.5 Å². The van der Waals surface area contributed by atoms with Crippen molar-refractivity contribution in [1.29, 1.82) is 0 Å². The molecule has 0 amide bonds. The van der Waals surface area contributed by atoms with Crippen molar-refractivity contribution in [2.75, 3.05) is 18.0 Å². The summed E-state index contributed by atoms with van der Waals surface area (Å²) in [6, 6.07) is 0. The number of imidazole rings is 1. The highest BCUT2D eigenvalue weighted by molar-refractivity contribution is 6.28. The monoisotopic (exact) mass is 253 g/mol. The summed E-state index contributed by atoms with van der Waals surface area (Å²) >= 11 is 5.87. The van der Waals surface area contributed by atoms with Gasteiger partial charge >= 0.3 is 0 Å². The largest absolute Gasteiger partial charge is 0.391 e. The smallest absolute Gasteiger partial charge is 0.226 e. The summed E-state index contributed by atoms with van der Waals surface area (Å²) in [5, 5.41) is 9.87. The second-order valence-electron chi connectivity index (χ2n) is 4.16. The van der Waals surface area contributed by atoms with Crippen LogP contribution < -0.4 is 4.90 Å². The molecule has 1 aliphatic rings. The number of β-amino-alcohol motifs (C(OH)–C–C–N with tert-alkyl or cyclic N) is 1. The Balaban J connectivity index is 2.06. The van der Waals surface area contributed by atoms with E-state index in [1.807, 2.05) is 4.90 Å². The number of piperidine rings is 1. The van der Waals surface area contributed by atoms with Crippen LogP contribution in [0.5, 0.6) is 0 Å². The first-order valence-corrected chi connectivity index (χ1v) is 5.91. The fourth-order valence-corrected chi connectivity index (χ4v) is 2.33. The maximum Gasteiger partial charge on any atom is 0.226 e. The van der Waals surface area contributed by atoms with Crippen molar-refractivity contribution < 1.29 is 5.11 Å². The maximum absolute atomic E-state index is 9.69. The number of anilines is 1. The first-order valence-electron chi connectivity index (χ1n) is 5.53. The molecule has 0 radical (unpaired) electrons. The zero-order valence-electron chi connectivity index (χ0n) is 9.10. The van der Waals surface area contributed by atoms with E-state index in [4.69, 9.17) is 11.6 Å². The Kier molecular flexibility index (Phi) is 2.60. The lowest BCUT2D eigenvalue weighted by Gasteiger charge is -2.31. The Morgan fingerprint density at radius 1 is 1.47 bits per heavy atom. The van der Waals surface area contributed by atoms with Gasteiger partial charge in [-0.05, 0) is 24.4 Å². The quantitative estimate of drug-likeness (QED) is 0.741. The molecule has 0 spiro atoms. The molecule has 0 aliphatic carbocycles. The third-order valence-corrected chi connectivity index (χ3v) is 3.10. The van der Waals surface area contributed by atoms with E-state index >= 15 is 0 Å². The lowest BCUT2D eigenvalue weighted by molar-refractivity contribution is 0.154. The number of aromatic amines is 1. The lowest BCUT2D eigenvalue weighted by atomic mass is 10.1. The van der Waals surface area contributed by atoms with E-state index in [-0.39, 0.29) is 11.4 Å². The molecule has 0 bridgehead atoms. The average molecular weight is 254 g/mol. The summed E-state index contributed by atoms with van der Waals surface area (Å²) in [4.78, 5) is 17.4. The number of halogens is 1. The fourth-order valence-electron chi connectivity index (χ4n) is 2.17. The number of aliphatic hydroxyl groups excluding tert-OH is 1. The van der Waals surface area contributed by atoms with E-state index < -0.39 is 0 Å². The van der Waals surface area contributed by atoms with Crippen LogP contribution in [0.4, 0.5) is 5.82 Å². The van der Waals surface area contributed by atoms with Crippen LogP contribution in [0.25, 0.3) is 11.2 Å². The molecule has 1 saturated heterocycles. The molecule has 0 saturated carbocycles. The summed E-state index contributed by atoms with van der Waals surface area (Å²) in [6.45, 7) is 1.43. The molecule has 2 N–H and O–H groups in total. The molecule has 3 heterocycles. The van der Waals surface area contributed by atoms with E-state index in [2.05, 4.69) is 19.9 Å². The number of hydrogen-bond acceptors (Lipinski definition) is 5. The molecule has 1 aliphatic heterocycles. The normalized spacial score (nSPS) is 21.1. The van der Waals surface area contributed by atoms with Crippen molar-refractivity contribution in [3.63, 3.8) is 0 Å². The minimum atomic E-state index is -0.310. The number of aliphatic hydroxyl groups is 1. The highest BCUT2D eigenvalue weighted by atomic mass is 35.5. The van der Waals surface area contributed by atoms with Crippen molar-refractivity contribution in [2.24, 2.45) is 0 Å². The van der Waals surface area contributed by atoms with Gasteiger partial charge in [0.05, 0.1) is 12.4 Å². The van der Waals surface area contributed by atoms with Crippen molar-refractivity contribution in [3.8, 4) is 0 Å². The third kappa shape index (κ3) is 1.94. The van der Waals surface area contributed by atoms with Crippen LogP contribution in [0.2, 0.25) is 5.28 Å². The summed E-state index contributed by atoms with van der Waals surface area (Å²) in [7, 11) is 0. The fraction of sp³-hybridized carbons (Fsp3) is 0.500. The molecule has 90 valence electrons. The number of fused-ring (bicyclic) bond motifs is 1. The van der Waals surface area contributed by atoms with Gasteiger partial charge in [0.1, 0.15) is 5.52 Å². The number of rotatable bonds is 1. The number of aromatic nitrogens is 4. The third-order valence-electron chi connectivity index (χ3n) is 2.94. The van der Waals surface area contributed by atoms with Crippen molar-refractivity contribution in [2.45, 2.75) is 18.9 Å². The molecule has 6 nitrogen and oxygen atoms in total. The van der Waals surface area contributed by atoms with E-state index in [9.17, 15) is 5.11 Å². The second-order valence-corrected chi connectivity index (χ2v) is 4.50. The van der Waals surface area contributed by atoms with Crippen LogP contribution in [0.3, 0.4) is 0 Å². The predicted octanol–water partition coefficient (Wildman–Crippen LogP) is 0.967. The van der Waals surface area contributed by atoms with Crippen molar-refractivity contribution in [1.82, 2.24) is 19.9 Å². The molecule has 7 heteroatoms. The SMILES string of the molecule is OC1CCCN(c2nc(Cl)nc3nc[nH]c23)C1. The van der Waals surface area contributed by atoms with Gasteiger partial charge in [0, 0.05) is 13.1 Å². The zero-order valence-corrected chi connectivity index (χ0v) is 9.85. The first kappa shape index (κ1) is 10.7. The van der Waals surface area contributed by atoms with Crippen LogP contribution in [-0.4, -0.2) is 44.2 Å². The van der Waals surface area contributed by atoms with Gasteiger partial charge in [-0.3, -0.25) is 0 Å². The topological polar surface area (TPSA) is 77.9 Å². The number of nitrogens with one attached hydrogen (secondary N) is 1. The van der Waals surface area contributed by atoms with Gasteiger partial charge < -0.3 is 15.0 Å². The van der Waals surface area contributed by atoms with Gasteiger partial charge in [0.25, 0.3) is 0 Å². The molecular weight excluding hydrogens is 242 g/mol. The Morgan fingerprint density at radius 2 is 2.35 bits per heavy atom. The molecule has 1 fully saturated rings. The predicted molar refractivity (Wildman–Crippen MR) is 64.1 cm³/mol. The van der Waals surface area contributed by atoms with Crippen LogP contribution in [0.15, 0.2) is 6.33 Å². The number of hydrogen-bond donors (Lipinski definition) is 2.